The number of hydrogen-bond acceptors (Lipinski definition) is 2. The molecule has 0 saturated heterocycles. The standard InChI is InChI=1S/C12H21N2O/c1-13-12(15,10-14(2,3)4)11-8-6-5-7-9-11/h5-9,13,15H,10H2,1-4H3/q+1. The van der Waals surface area contributed by atoms with Crippen LogP contribution in [0.15, 0.2) is 30.3 Å². The van der Waals surface area contributed by atoms with Gasteiger partial charge >= 0.3 is 0 Å². The van der Waals surface area contributed by atoms with Crippen LogP contribution < -0.4 is 5.32 Å². The van der Waals surface area contributed by atoms with Crippen LogP contribution in [0.4, 0.5) is 0 Å². The zero-order valence-corrected chi connectivity index (χ0v) is 9.99. The SMILES string of the molecule is CNC(O)(C[N+](C)(C)C)c1ccccc1. The molecule has 3 nitrogen and oxygen atoms in total. The summed E-state index contributed by atoms with van der Waals surface area (Å²) in [6, 6.07) is 9.70. The quantitative estimate of drug-likeness (QED) is 0.567. The van der Waals surface area contributed by atoms with Crippen LogP contribution in [0.3, 0.4) is 0 Å². The highest BCUT2D eigenvalue weighted by atomic mass is 16.3. The lowest BCUT2D eigenvalue weighted by atomic mass is 10.0. The van der Waals surface area contributed by atoms with Gasteiger partial charge in [0.1, 0.15) is 6.54 Å². The molecule has 0 saturated carbocycles. The van der Waals surface area contributed by atoms with E-state index in [9.17, 15) is 5.11 Å². The topological polar surface area (TPSA) is 32.3 Å². The van der Waals surface area contributed by atoms with E-state index in [-0.39, 0.29) is 0 Å². The van der Waals surface area contributed by atoms with Crippen molar-refractivity contribution < 1.29 is 9.59 Å². The molecule has 0 fully saturated rings. The minimum absolute atomic E-state index is 0.619. The van der Waals surface area contributed by atoms with Crippen LogP contribution >= 0.6 is 0 Å². The van der Waals surface area contributed by atoms with Gasteiger partial charge in [0.05, 0.1) is 21.1 Å². The highest BCUT2D eigenvalue weighted by Gasteiger charge is 2.33. The fourth-order valence-corrected chi connectivity index (χ4v) is 1.72. The van der Waals surface area contributed by atoms with E-state index in [1.807, 2.05) is 30.3 Å². The lowest BCUT2D eigenvalue weighted by molar-refractivity contribution is -0.878. The second-order valence-electron chi connectivity index (χ2n) is 4.92. The number of quaternary nitrogens is 1. The normalized spacial score (nSPS) is 16.1. The third-order valence-electron chi connectivity index (χ3n) is 2.37. The summed E-state index contributed by atoms with van der Waals surface area (Å²) < 4.78 is 0.701. The monoisotopic (exact) mass is 209 g/mol. The summed E-state index contributed by atoms with van der Waals surface area (Å²) in [5.41, 5.74) is -0.0555. The molecule has 1 atom stereocenters. The molecule has 84 valence electrons. The van der Waals surface area contributed by atoms with Gasteiger partial charge in [-0.05, 0) is 7.05 Å². The van der Waals surface area contributed by atoms with E-state index in [4.69, 9.17) is 0 Å². The van der Waals surface area contributed by atoms with Crippen molar-refractivity contribution in [3.8, 4) is 0 Å². The van der Waals surface area contributed by atoms with Gasteiger partial charge in [0, 0.05) is 5.56 Å². The van der Waals surface area contributed by atoms with Crippen molar-refractivity contribution in [2.75, 3.05) is 34.7 Å². The van der Waals surface area contributed by atoms with E-state index in [2.05, 4.69) is 26.5 Å². The number of hydrogen-bond donors (Lipinski definition) is 2. The lowest BCUT2D eigenvalue weighted by Crippen LogP contribution is -2.54. The first-order valence-corrected chi connectivity index (χ1v) is 5.15. The predicted molar refractivity (Wildman–Crippen MR) is 62.3 cm³/mol. The first-order valence-electron chi connectivity index (χ1n) is 5.15. The van der Waals surface area contributed by atoms with Gasteiger partial charge in [-0.1, -0.05) is 30.3 Å². The van der Waals surface area contributed by atoms with E-state index in [0.29, 0.717) is 11.0 Å². The molecule has 0 bridgehead atoms. The second-order valence-corrected chi connectivity index (χ2v) is 4.92. The zero-order chi connectivity index (χ0) is 11.5. The molecular weight excluding hydrogens is 188 g/mol. The van der Waals surface area contributed by atoms with Crippen molar-refractivity contribution in [3.63, 3.8) is 0 Å². The Labute approximate surface area is 91.9 Å². The Bertz CT molecular complexity index is 305. The fourth-order valence-electron chi connectivity index (χ4n) is 1.72. The molecular formula is C12H21N2O+. The fraction of sp³-hybridized carbons (Fsp3) is 0.500. The van der Waals surface area contributed by atoms with Crippen molar-refractivity contribution in [3.05, 3.63) is 35.9 Å². The molecule has 1 rings (SSSR count). The maximum atomic E-state index is 10.5. The zero-order valence-electron chi connectivity index (χ0n) is 9.99. The number of nitrogens with one attached hydrogen (secondary N) is 1. The largest absolute Gasteiger partial charge is 0.367 e. The number of nitrogens with zero attached hydrogens (tertiary/aromatic N) is 1. The Morgan fingerprint density at radius 2 is 1.73 bits per heavy atom. The van der Waals surface area contributed by atoms with Gasteiger partial charge in [-0.3, -0.25) is 5.32 Å². The number of benzene rings is 1. The van der Waals surface area contributed by atoms with Gasteiger partial charge in [-0.2, -0.15) is 0 Å². The first kappa shape index (κ1) is 12.2. The van der Waals surface area contributed by atoms with Crippen molar-refractivity contribution in [2.45, 2.75) is 5.72 Å². The Morgan fingerprint density at radius 3 is 2.13 bits per heavy atom. The summed E-state index contributed by atoms with van der Waals surface area (Å²) in [5, 5.41) is 13.5. The van der Waals surface area contributed by atoms with E-state index in [0.717, 1.165) is 5.56 Å². The van der Waals surface area contributed by atoms with Crippen LogP contribution in [0, 0.1) is 0 Å². The van der Waals surface area contributed by atoms with Crippen molar-refractivity contribution in [1.29, 1.82) is 0 Å². The highest BCUT2D eigenvalue weighted by molar-refractivity contribution is 5.21. The van der Waals surface area contributed by atoms with Crippen LogP contribution in [0.1, 0.15) is 5.56 Å². The predicted octanol–water partition coefficient (Wildman–Crippen LogP) is 0.757. The minimum Gasteiger partial charge on any atom is -0.367 e. The summed E-state index contributed by atoms with van der Waals surface area (Å²) >= 11 is 0. The minimum atomic E-state index is -0.959. The summed E-state index contributed by atoms with van der Waals surface area (Å²) in [6.07, 6.45) is 0. The molecule has 0 aliphatic heterocycles. The third-order valence-corrected chi connectivity index (χ3v) is 2.37. The van der Waals surface area contributed by atoms with Gasteiger partial charge in [-0.15, -0.1) is 0 Å². The summed E-state index contributed by atoms with van der Waals surface area (Å²) in [5.74, 6) is 0. The molecule has 0 aliphatic carbocycles. The first-order chi connectivity index (χ1) is 6.87. The summed E-state index contributed by atoms with van der Waals surface area (Å²) in [7, 11) is 7.96. The number of aliphatic hydroxyl groups is 1. The van der Waals surface area contributed by atoms with Crippen LogP contribution in [0.2, 0.25) is 0 Å². The van der Waals surface area contributed by atoms with Crippen LogP contribution in [0.25, 0.3) is 0 Å². The molecule has 0 spiro atoms. The van der Waals surface area contributed by atoms with Crippen molar-refractivity contribution >= 4 is 0 Å². The Hall–Kier alpha value is -0.900. The Balaban J connectivity index is 2.96. The lowest BCUT2D eigenvalue weighted by Gasteiger charge is -2.35. The third kappa shape index (κ3) is 3.30. The van der Waals surface area contributed by atoms with E-state index >= 15 is 0 Å². The van der Waals surface area contributed by atoms with Crippen molar-refractivity contribution in [1.82, 2.24) is 5.32 Å². The maximum Gasteiger partial charge on any atom is 0.192 e. The van der Waals surface area contributed by atoms with Gasteiger partial charge < -0.3 is 9.59 Å². The number of rotatable bonds is 4. The highest BCUT2D eigenvalue weighted by Crippen LogP contribution is 2.19. The van der Waals surface area contributed by atoms with E-state index < -0.39 is 5.72 Å². The summed E-state index contributed by atoms with van der Waals surface area (Å²) in [6.45, 7) is 0.619. The molecule has 1 aromatic carbocycles. The van der Waals surface area contributed by atoms with Crippen LogP contribution in [-0.4, -0.2) is 44.3 Å². The Morgan fingerprint density at radius 1 is 1.20 bits per heavy atom. The molecule has 2 N–H and O–H groups in total. The average Bonchev–Trinajstić information content (AvgIpc) is 2.16. The molecule has 0 radical (unpaired) electrons. The van der Waals surface area contributed by atoms with Crippen LogP contribution in [0.5, 0.6) is 0 Å². The second kappa shape index (κ2) is 4.31. The van der Waals surface area contributed by atoms with E-state index in [1.165, 1.54) is 0 Å². The molecule has 1 aromatic rings. The van der Waals surface area contributed by atoms with E-state index in [1.54, 1.807) is 7.05 Å². The average molecular weight is 209 g/mol. The molecule has 15 heavy (non-hydrogen) atoms. The molecule has 3 heteroatoms. The number of likely N-dealkylation sites (N-methyl/N-ethyl adjacent to an activating group) is 2. The maximum absolute atomic E-state index is 10.5. The molecule has 0 aromatic heterocycles. The van der Waals surface area contributed by atoms with Crippen LogP contribution in [-0.2, 0) is 5.72 Å². The molecule has 1 unspecified atom stereocenters. The molecule has 0 amide bonds. The molecule has 0 heterocycles. The van der Waals surface area contributed by atoms with Gasteiger partial charge in [0.25, 0.3) is 0 Å². The van der Waals surface area contributed by atoms with Gasteiger partial charge in [0.2, 0.25) is 0 Å². The van der Waals surface area contributed by atoms with Gasteiger partial charge in [0.15, 0.2) is 5.72 Å². The smallest absolute Gasteiger partial charge is 0.192 e. The summed E-state index contributed by atoms with van der Waals surface area (Å²) in [4.78, 5) is 0. The molecule has 0 aliphatic rings. The van der Waals surface area contributed by atoms with Crippen molar-refractivity contribution in [2.24, 2.45) is 0 Å². The van der Waals surface area contributed by atoms with Gasteiger partial charge in [-0.25, -0.2) is 0 Å². The Kier molecular flexibility index (Phi) is 3.50.